The molecule has 0 saturated heterocycles. The van der Waals surface area contributed by atoms with Gasteiger partial charge in [0, 0.05) is 10.6 Å². The zero-order chi connectivity index (χ0) is 12.3. The van der Waals surface area contributed by atoms with Crippen LogP contribution in [0.2, 0.25) is 5.02 Å². The molecule has 0 atom stereocenters. The van der Waals surface area contributed by atoms with Gasteiger partial charge in [-0.25, -0.2) is 8.78 Å². The van der Waals surface area contributed by atoms with E-state index in [0.717, 1.165) is 10.5 Å². The van der Waals surface area contributed by atoms with Gasteiger partial charge in [0.15, 0.2) is 0 Å². The smallest absolute Gasteiger partial charge is 0.142 e. The first kappa shape index (κ1) is 12.4. The van der Waals surface area contributed by atoms with Crippen LogP contribution in [0.3, 0.4) is 0 Å². The maximum absolute atomic E-state index is 13.2. The fourth-order valence-electron chi connectivity index (χ4n) is 1.33. The summed E-state index contributed by atoms with van der Waals surface area (Å²) < 4.78 is 25.8. The second kappa shape index (κ2) is 5.52. The van der Waals surface area contributed by atoms with Gasteiger partial charge >= 0.3 is 0 Å². The summed E-state index contributed by atoms with van der Waals surface area (Å²) in [5, 5.41) is 0.125. The lowest BCUT2D eigenvalue weighted by Gasteiger charge is -2.03. The van der Waals surface area contributed by atoms with Gasteiger partial charge in [0.25, 0.3) is 0 Å². The average Bonchev–Trinajstić information content (AvgIpc) is 2.33. The van der Waals surface area contributed by atoms with Gasteiger partial charge in [-0.2, -0.15) is 0 Å². The van der Waals surface area contributed by atoms with Gasteiger partial charge < -0.3 is 0 Å². The standard InChI is InChI=1S/C13H9ClF2S/c14-12-6-1-9(7-13(12)16)8-17-11-4-2-10(15)3-5-11/h1-7H,8H2. The summed E-state index contributed by atoms with van der Waals surface area (Å²) >= 11 is 7.11. The first-order valence-corrected chi connectivity index (χ1v) is 6.34. The minimum Gasteiger partial charge on any atom is -0.207 e. The summed E-state index contributed by atoms with van der Waals surface area (Å²) in [6.07, 6.45) is 0. The Morgan fingerprint density at radius 3 is 2.35 bits per heavy atom. The number of benzene rings is 2. The lowest BCUT2D eigenvalue weighted by atomic mass is 10.2. The first-order chi connectivity index (χ1) is 8.15. The van der Waals surface area contributed by atoms with E-state index in [1.807, 2.05) is 0 Å². The van der Waals surface area contributed by atoms with E-state index < -0.39 is 5.82 Å². The maximum atomic E-state index is 13.2. The van der Waals surface area contributed by atoms with Crippen molar-refractivity contribution in [2.45, 2.75) is 10.6 Å². The average molecular weight is 271 g/mol. The van der Waals surface area contributed by atoms with Crippen LogP contribution in [-0.2, 0) is 5.75 Å². The number of halogens is 3. The minimum absolute atomic E-state index is 0.125. The molecule has 88 valence electrons. The van der Waals surface area contributed by atoms with Gasteiger partial charge in [0.2, 0.25) is 0 Å². The van der Waals surface area contributed by atoms with Crippen LogP contribution >= 0.6 is 23.4 Å². The first-order valence-electron chi connectivity index (χ1n) is 4.97. The molecule has 0 fully saturated rings. The quantitative estimate of drug-likeness (QED) is 0.714. The van der Waals surface area contributed by atoms with Crippen molar-refractivity contribution in [2.75, 3.05) is 0 Å². The zero-order valence-corrected chi connectivity index (χ0v) is 10.4. The molecule has 2 rings (SSSR count). The Labute approximate surface area is 108 Å². The highest BCUT2D eigenvalue weighted by Gasteiger charge is 2.02. The van der Waals surface area contributed by atoms with E-state index in [0.29, 0.717) is 5.75 Å². The monoisotopic (exact) mass is 270 g/mol. The van der Waals surface area contributed by atoms with Gasteiger partial charge in [-0.3, -0.25) is 0 Å². The van der Waals surface area contributed by atoms with Gasteiger partial charge in [-0.05, 0) is 42.0 Å². The van der Waals surface area contributed by atoms with Gasteiger partial charge in [0.1, 0.15) is 11.6 Å². The summed E-state index contributed by atoms with van der Waals surface area (Å²) in [5.41, 5.74) is 0.848. The predicted octanol–water partition coefficient (Wildman–Crippen LogP) is 4.91. The topological polar surface area (TPSA) is 0 Å². The van der Waals surface area contributed by atoms with Crippen LogP contribution in [0.25, 0.3) is 0 Å². The summed E-state index contributed by atoms with van der Waals surface area (Å²) in [6, 6.07) is 11.0. The molecule has 0 radical (unpaired) electrons. The van der Waals surface area contributed by atoms with E-state index in [1.54, 1.807) is 18.2 Å². The van der Waals surface area contributed by atoms with Crippen LogP contribution in [0.15, 0.2) is 47.4 Å². The van der Waals surface area contributed by atoms with Gasteiger partial charge in [-0.15, -0.1) is 11.8 Å². The van der Waals surface area contributed by atoms with Crippen LogP contribution < -0.4 is 0 Å². The molecular formula is C13H9ClF2S. The summed E-state index contributed by atoms with van der Waals surface area (Å²) in [7, 11) is 0. The Bertz CT molecular complexity index is 511. The highest BCUT2D eigenvalue weighted by Crippen LogP contribution is 2.24. The molecule has 0 bridgehead atoms. The Balaban J connectivity index is 2.02. The highest BCUT2D eigenvalue weighted by molar-refractivity contribution is 7.98. The summed E-state index contributed by atoms with van der Waals surface area (Å²) in [6.45, 7) is 0. The van der Waals surface area contributed by atoms with E-state index in [-0.39, 0.29) is 10.8 Å². The molecule has 0 aromatic heterocycles. The fraction of sp³-hybridized carbons (Fsp3) is 0.0769. The lowest BCUT2D eigenvalue weighted by Crippen LogP contribution is -1.84. The van der Waals surface area contributed by atoms with Gasteiger partial charge in [-0.1, -0.05) is 17.7 Å². The normalized spacial score (nSPS) is 10.5. The van der Waals surface area contributed by atoms with Crippen LogP contribution in [0, 0.1) is 11.6 Å². The second-order valence-corrected chi connectivity index (χ2v) is 4.95. The van der Waals surface area contributed by atoms with Crippen molar-refractivity contribution in [1.82, 2.24) is 0 Å². The van der Waals surface area contributed by atoms with Gasteiger partial charge in [0.05, 0.1) is 5.02 Å². The van der Waals surface area contributed by atoms with Crippen LogP contribution in [-0.4, -0.2) is 0 Å². The van der Waals surface area contributed by atoms with Crippen molar-refractivity contribution in [1.29, 1.82) is 0 Å². The maximum Gasteiger partial charge on any atom is 0.142 e. The molecule has 0 spiro atoms. The van der Waals surface area contributed by atoms with Crippen molar-refractivity contribution < 1.29 is 8.78 Å². The number of thioether (sulfide) groups is 1. The lowest BCUT2D eigenvalue weighted by molar-refractivity contribution is 0.626. The third-order valence-electron chi connectivity index (χ3n) is 2.20. The van der Waals surface area contributed by atoms with E-state index in [9.17, 15) is 8.78 Å². The highest BCUT2D eigenvalue weighted by atomic mass is 35.5. The Hall–Kier alpha value is -1.06. The zero-order valence-electron chi connectivity index (χ0n) is 8.79. The SMILES string of the molecule is Fc1ccc(SCc2ccc(Cl)c(F)c2)cc1. The van der Waals surface area contributed by atoms with E-state index in [1.165, 1.54) is 36.0 Å². The largest absolute Gasteiger partial charge is 0.207 e. The molecule has 0 unspecified atom stereocenters. The Morgan fingerprint density at radius 2 is 1.71 bits per heavy atom. The van der Waals surface area contributed by atoms with Crippen LogP contribution in [0.1, 0.15) is 5.56 Å². The molecule has 0 amide bonds. The van der Waals surface area contributed by atoms with Crippen molar-refractivity contribution >= 4 is 23.4 Å². The third kappa shape index (κ3) is 3.45. The van der Waals surface area contributed by atoms with E-state index in [2.05, 4.69) is 0 Å². The molecule has 2 aromatic carbocycles. The van der Waals surface area contributed by atoms with Crippen molar-refractivity contribution in [2.24, 2.45) is 0 Å². The Kier molecular flexibility index (Phi) is 4.02. The fourth-order valence-corrected chi connectivity index (χ4v) is 2.29. The molecule has 0 saturated carbocycles. The molecular weight excluding hydrogens is 262 g/mol. The molecule has 0 nitrogen and oxygen atoms in total. The van der Waals surface area contributed by atoms with Crippen LogP contribution in [0.5, 0.6) is 0 Å². The van der Waals surface area contributed by atoms with Crippen LogP contribution in [0.4, 0.5) is 8.78 Å². The molecule has 0 heterocycles. The molecule has 0 N–H and O–H groups in total. The Morgan fingerprint density at radius 1 is 1.00 bits per heavy atom. The minimum atomic E-state index is -0.413. The number of hydrogen-bond donors (Lipinski definition) is 0. The third-order valence-corrected chi connectivity index (χ3v) is 3.59. The number of rotatable bonds is 3. The second-order valence-electron chi connectivity index (χ2n) is 3.49. The molecule has 0 aliphatic carbocycles. The van der Waals surface area contributed by atoms with Crippen molar-refractivity contribution in [3.63, 3.8) is 0 Å². The van der Waals surface area contributed by atoms with E-state index in [4.69, 9.17) is 11.6 Å². The molecule has 4 heteroatoms. The molecule has 0 aliphatic heterocycles. The molecule has 2 aromatic rings. The number of hydrogen-bond acceptors (Lipinski definition) is 1. The molecule has 17 heavy (non-hydrogen) atoms. The predicted molar refractivity (Wildman–Crippen MR) is 67.4 cm³/mol. The van der Waals surface area contributed by atoms with Crippen molar-refractivity contribution in [3.05, 3.63) is 64.7 Å². The summed E-state index contributed by atoms with van der Waals surface area (Å²) in [5.74, 6) is -0.0459. The van der Waals surface area contributed by atoms with E-state index >= 15 is 0 Å². The van der Waals surface area contributed by atoms with Crippen molar-refractivity contribution in [3.8, 4) is 0 Å². The molecule has 0 aliphatic rings. The summed E-state index contributed by atoms with van der Waals surface area (Å²) in [4.78, 5) is 0.946.